The quantitative estimate of drug-likeness (QED) is 0.676. The number of ether oxygens (including phenoxy) is 1. The van der Waals surface area contributed by atoms with Gasteiger partial charge in [0.2, 0.25) is 0 Å². The Labute approximate surface area is 132 Å². The molecule has 0 amide bonds. The second-order valence-corrected chi connectivity index (χ2v) is 5.19. The van der Waals surface area contributed by atoms with E-state index in [2.05, 4.69) is 4.98 Å². The fourth-order valence-corrected chi connectivity index (χ4v) is 2.34. The third-order valence-electron chi connectivity index (χ3n) is 3.47. The summed E-state index contributed by atoms with van der Waals surface area (Å²) in [5.74, 6) is 0.382. The molecule has 0 aliphatic heterocycles. The Bertz CT molecular complexity index is 881. The van der Waals surface area contributed by atoms with Crippen molar-refractivity contribution in [3.63, 3.8) is 0 Å². The molecule has 23 heavy (non-hydrogen) atoms. The van der Waals surface area contributed by atoms with Gasteiger partial charge in [0.15, 0.2) is 0 Å². The molecule has 3 heterocycles. The van der Waals surface area contributed by atoms with Crippen molar-refractivity contribution < 1.29 is 13.9 Å². The molecule has 0 atom stereocenters. The van der Waals surface area contributed by atoms with Crippen LogP contribution >= 0.6 is 0 Å². The van der Waals surface area contributed by atoms with Gasteiger partial charge in [0, 0.05) is 18.2 Å². The first kappa shape index (κ1) is 15.0. The molecule has 3 aromatic heterocycles. The van der Waals surface area contributed by atoms with Crippen LogP contribution in [0.3, 0.4) is 0 Å². The molecule has 0 spiro atoms. The van der Waals surface area contributed by atoms with E-state index < -0.39 is 0 Å². The number of fused-ring (bicyclic) bond motifs is 1. The highest BCUT2D eigenvalue weighted by Gasteiger charge is 2.08. The predicted octanol–water partition coefficient (Wildman–Crippen LogP) is 2.27. The highest BCUT2D eigenvalue weighted by Crippen LogP contribution is 2.07. The molecule has 0 saturated heterocycles. The average molecular weight is 312 g/mol. The summed E-state index contributed by atoms with van der Waals surface area (Å²) in [7, 11) is 0. The van der Waals surface area contributed by atoms with E-state index >= 15 is 0 Å². The van der Waals surface area contributed by atoms with Gasteiger partial charge in [-0.05, 0) is 31.2 Å². The molecular formula is C17H16N2O4. The molecule has 0 bridgehead atoms. The van der Waals surface area contributed by atoms with Crippen LogP contribution in [0.4, 0.5) is 0 Å². The van der Waals surface area contributed by atoms with E-state index in [-0.39, 0.29) is 24.6 Å². The minimum Gasteiger partial charge on any atom is -0.469 e. The SMILES string of the molecule is Cc1cccc2nc(COC(=O)CCc3ccco3)cc(=O)n12. The summed E-state index contributed by atoms with van der Waals surface area (Å²) in [5.41, 5.74) is 1.60. The molecule has 0 aliphatic carbocycles. The van der Waals surface area contributed by atoms with Crippen LogP contribution in [0.5, 0.6) is 0 Å². The molecule has 0 N–H and O–H groups in total. The van der Waals surface area contributed by atoms with Crippen LogP contribution < -0.4 is 5.56 Å². The summed E-state index contributed by atoms with van der Waals surface area (Å²) >= 11 is 0. The number of hydrogen-bond donors (Lipinski definition) is 0. The zero-order chi connectivity index (χ0) is 16.2. The van der Waals surface area contributed by atoms with E-state index in [1.165, 1.54) is 10.5 Å². The van der Waals surface area contributed by atoms with Gasteiger partial charge >= 0.3 is 5.97 Å². The monoisotopic (exact) mass is 312 g/mol. The van der Waals surface area contributed by atoms with Crippen LogP contribution in [-0.2, 0) is 22.6 Å². The number of carbonyl (C=O) groups excluding carboxylic acids is 1. The zero-order valence-electron chi connectivity index (χ0n) is 12.7. The maximum atomic E-state index is 12.1. The average Bonchev–Trinajstić information content (AvgIpc) is 3.04. The number of furan rings is 1. The Morgan fingerprint density at radius 1 is 1.30 bits per heavy atom. The van der Waals surface area contributed by atoms with E-state index in [9.17, 15) is 9.59 Å². The molecule has 118 valence electrons. The largest absolute Gasteiger partial charge is 0.469 e. The molecule has 0 unspecified atom stereocenters. The molecule has 3 rings (SSSR count). The Balaban J connectivity index is 1.65. The number of pyridine rings is 1. The zero-order valence-corrected chi connectivity index (χ0v) is 12.7. The molecule has 6 nitrogen and oxygen atoms in total. The molecule has 0 saturated carbocycles. The first-order valence-electron chi connectivity index (χ1n) is 7.30. The molecule has 0 fully saturated rings. The Hall–Kier alpha value is -2.89. The normalized spacial score (nSPS) is 10.8. The smallest absolute Gasteiger partial charge is 0.306 e. The second-order valence-electron chi connectivity index (χ2n) is 5.19. The number of rotatable bonds is 5. The summed E-state index contributed by atoms with van der Waals surface area (Å²) in [6.07, 6.45) is 2.27. The Morgan fingerprint density at radius 2 is 2.17 bits per heavy atom. The summed E-state index contributed by atoms with van der Waals surface area (Å²) in [6.45, 7) is 1.82. The van der Waals surface area contributed by atoms with Gasteiger partial charge in [-0.1, -0.05) is 6.07 Å². The lowest BCUT2D eigenvalue weighted by Crippen LogP contribution is -2.18. The van der Waals surface area contributed by atoms with Gasteiger partial charge in [0.05, 0.1) is 18.4 Å². The van der Waals surface area contributed by atoms with Crippen molar-refractivity contribution in [2.24, 2.45) is 0 Å². The summed E-state index contributed by atoms with van der Waals surface area (Å²) in [6, 6.07) is 10.4. The highest BCUT2D eigenvalue weighted by molar-refractivity contribution is 5.69. The van der Waals surface area contributed by atoms with Crippen LogP contribution in [0.2, 0.25) is 0 Å². The van der Waals surface area contributed by atoms with E-state index in [4.69, 9.17) is 9.15 Å². The topological polar surface area (TPSA) is 73.8 Å². The van der Waals surface area contributed by atoms with Gasteiger partial charge in [-0.15, -0.1) is 0 Å². The van der Waals surface area contributed by atoms with Crippen molar-refractivity contribution in [2.75, 3.05) is 0 Å². The lowest BCUT2D eigenvalue weighted by molar-refractivity contribution is -0.145. The molecule has 0 radical (unpaired) electrons. The number of nitrogens with zero attached hydrogens (tertiary/aromatic N) is 2. The third kappa shape index (κ3) is 3.48. The minimum absolute atomic E-state index is 0.0172. The van der Waals surface area contributed by atoms with Crippen LogP contribution in [-0.4, -0.2) is 15.4 Å². The fraction of sp³-hybridized carbons (Fsp3) is 0.235. The number of carbonyl (C=O) groups is 1. The van der Waals surface area contributed by atoms with Gasteiger partial charge in [-0.25, -0.2) is 4.98 Å². The standard InChI is InChI=1S/C17H16N2O4/c1-12-4-2-6-15-18-13(10-16(20)19(12)15)11-23-17(21)8-7-14-5-3-9-22-14/h2-6,9-10H,7-8,11H2,1H3. The lowest BCUT2D eigenvalue weighted by atomic mass is 10.2. The molecule has 0 aliphatic rings. The van der Waals surface area contributed by atoms with Gasteiger partial charge in [0.1, 0.15) is 18.0 Å². The summed E-state index contributed by atoms with van der Waals surface area (Å²) in [4.78, 5) is 28.2. The van der Waals surface area contributed by atoms with Gasteiger partial charge in [-0.2, -0.15) is 0 Å². The number of aromatic nitrogens is 2. The van der Waals surface area contributed by atoms with E-state index in [1.807, 2.05) is 19.1 Å². The number of hydrogen-bond acceptors (Lipinski definition) is 5. The molecular weight excluding hydrogens is 296 g/mol. The van der Waals surface area contributed by atoms with Crippen molar-refractivity contribution in [3.05, 3.63) is 70.2 Å². The molecule has 0 aromatic carbocycles. The maximum Gasteiger partial charge on any atom is 0.306 e. The Morgan fingerprint density at radius 3 is 2.96 bits per heavy atom. The van der Waals surface area contributed by atoms with Gasteiger partial charge < -0.3 is 9.15 Å². The van der Waals surface area contributed by atoms with Crippen molar-refractivity contribution in [3.8, 4) is 0 Å². The van der Waals surface area contributed by atoms with Crippen molar-refractivity contribution in [2.45, 2.75) is 26.4 Å². The number of esters is 1. The predicted molar refractivity (Wildman–Crippen MR) is 83.0 cm³/mol. The van der Waals surface area contributed by atoms with Gasteiger partial charge in [-0.3, -0.25) is 14.0 Å². The maximum absolute atomic E-state index is 12.1. The van der Waals surface area contributed by atoms with Crippen LogP contribution in [0, 0.1) is 6.92 Å². The van der Waals surface area contributed by atoms with E-state index in [0.29, 0.717) is 17.8 Å². The van der Waals surface area contributed by atoms with Crippen LogP contribution in [0.15, 0.2) is 51.9 Å². The Kier molecular flexibility index (Phi) is 4.23. The summed E-state index contributed by atoms with van der Waals surface area (Å²) < 4.78 is 11.8. The first-order chi connectivity index (χ1) is 11.1. The van der Waals surface area contributed by atoms with Crippen LogP contribution in [0.1, 0.15) is 23.6 Å². The third-order valence-corrected chi connectivity index (χ3v) is 3.47. The summed E-state index contributed by atoms with van der Waals surface area (Å²) in [5, 5.41) is 0. The van der Waals surface area contributed by atoms with Crippen LogP contribution in [0.25, 0.3) is 5.65 Å². The minimum atomic E-state index is -0.354. The highest BCUT2D eigenvalue weighted by atomic mass is 16.5. The van der Waals surface area contributed by atoms with Crippen molar-refractivity contribution in [1.29, 1.82) is 0 Å². The molecule has 3 aromatic rings. The second kappa shape index (κ2) is 6.48. The van der Waals surface area contributed by atoms with E-state index in [1.54, 1.807) is 24.5 Å². The van der Waals surface area contributed by atoms with Crippen molar-refractivity contribution >= 4 is 11.6 Å². The fourth-order valence-electron chi connectivity index (χ4n) is 2.34. The molecule has 6 heteroatoms. The van der Waals surface area contributed by atoms with E-state index in [0.717, 1.165) is 11.5 Å². The van der Waals surface area contributed by atoms with Gasteiger partial charge in [0.25, 0.3) is 5.56 Å². The van der Waals surface area contributed by atoms with Crippen molar-refractivity contribution in [1.82, 2.24) is 9.38 Å². The first-order valence-corrected chi connectivity index (χ1v) is 7.30. The number of aryl methyl sites for hydroxylation is 2. The lowest BCUT2D eigenvalue weighted by Gasteiger charge is -2.07.